The Hall–Kier alpha value is -1.07. The molecule has 0 saturated heterocycles. The largest absolute Gasteiger partial charge is 0.490 e. The molecule has 0 unspecified atom stereocenters. The molecular weight excluding hydrogens is 148 g/mol. The van der Waals surface area contributed by atoms with Crippen LogP contribution in [-0.4, -0.2) is 17.2 Å². The van der Waals surface area contributed by atoms with Crippen LogP contribution in [0.1, 0.15) is 0 Å². The topological polar surface area (TPSA) is 66.5 Å². The zero-order valence-corrected chi connectivity index (χ0v) is 5.66. The van der Waals surface area contributed by atoms with Crippen LogP contribution in [0.4, 0.5) is 10.1 Å². The van der Waals surface area contributed by atoms with E-state index in [9.17, 15) is 4.39 Å². The van der Waals surface area contributed by atoms with E-state index in [0.29, 0.717) is 0 Å². The summed E-state index contributed by atoms with van der Waals surface area (Å²) in [7, 11) is -1.72. The van der Waals surface area contributed by atoms with Crippen molar-refractivity contribution >= 4 is 18.3 Å². The van der Waals surface area contributed by atoms with Crippen molar-refractivity contribution in [1.82, 2.24) is 0 Å². The van der Waals surface area contributed by atoms with E-state index in [1.807, 2.05) is 0 Å². The Labute approximate surface area is 63.4 Å². The molecule has 1 aromatic rings. The van der Waals surface area contributed by atoms with Crippen molar-refractivity contribution < 1.29 is 14.4 Å². The first-order chi connectivity index (χ1) is 5.13. The quantitative estimate of drug-likeness (QED) is 0.363. The minimum Gasteiger partial charge on any atom is -0.423 e. The molecule has 0 atom stereocenters. The number of nitrogen functional groups attached to an aromatic ring is 1. The van der Waals surface area contributed by atoms with Gasteiger partial charge in [0.25, 0.3) is 0 Å². The number of hydrogen-bond donors (Lipinski definition) is 3. The molecule has 3 nitrogen and oxygen atoms in total. The smallest absolute Gasteiger partial charge is 0.423 e. The van der Waals surface area contributed by atoms with Gasteiger partial charge in [0.2, 0.25) is 0 Å². The number of para-hydroxylation sites is 1. The second kappa shape index (κ2) is 2.90. The molecular formula is C6H7BFNO2. The predicted molar refractivity (Wildman–Crippen MR) is 40.6 cm³/mol. The van der Waals surface area contributed by atoms with E-state index in [2.05, 4.69) is 0 Å². The summed E-state index contributed by atoms with van der Waals surface area (Å²) in [4.78, 5) is 0. The maximum atomic E-state index is 12.6. The minimum atomic E-state index is -1.72. The minimum absolute atomic E-state index is 0.00926. The lowest BCUT2D eigenvalue weighted by Gasteiger charge is -2.03. The number of nitrogens with two attached hydrogens (primary N) is 1. The van der Waals surface area contributed by atoms with Crippen LogP contribution in [0, 0.1) is 5.82 Å². The van der Waals surface area contributed by atoms with Crippen molar-refractivity contribution in [3.05, 3.63) is 24.0 Å². The summed E-state index contributed by atoms with van der Waals surface area (Å²) < 4.78 is 12.6. The van der Waals surface area contributed by atoms with Crippen LogP contribution in [0.3, 0.4) is 0 Å². The Morgan fingerprint density at radius 2 is 2.00 bits per heavy atom. The molecule has 1 rings (SSSR count). The SMILES string of the molecule is Nc1c(F)cccc1B(O)O. The van der Waals surface area contributed by atoms with Crippen LogP contribution < -0.4 is 11.2 Å². The molecule has 0 radical (unpaired) electrons. The van der Waals surface area contributed by atoms with Gasteiger partial charge in [-0.25, -0.2) is 4.39 Å². The molecule has 0 aliphatic rings. The second-order valence-corrected chi connectivity index (χ2v) is 2.12. The summed E-state index contributed by atoms with van der Waals surface area (Å²) in [5.74, 6) is -0.643. The second-order valence-electron chi connectivity index (χ2n) is 2.12. The number of anilines is 1. The number of benzene rings is 1. The molecule has 0 saturated carbocycles. The zero-order chi connectivity index (χ0) is 8.43. The summed E-state index contributed by atoms with van der Waals surface area (Å²) in [6.45, 7) is 0. The van der Waals surface area contributed by atoms with Gasteiger partial charge in [-0.05, 0) is 6.07 Å². The van der Waals surface area contributed by atoms with E-state index in [-0.39, 0.29) is 11.2 Å². The first-order valence-electron chi connectivity index (χ1n) is 3.03. The highest BCUT2D eigenvalue weighted by Gasteiger charge is 2.15. The van der Waals surface area contributed by atoms with E-state index in [1.54, 1.807) is 0 Å². The van der Waals surface area contributed by atoms with E-state index >= 15 is 0 Å². The molecule has 0 aliphatic heterocycles. The Morgan fingerprint density at radius 3 is 2.45 bits per heavy atom. The van der Waals surface area contributed by atoms with Crippen LogP contribution in [-0.2, 0) is 0 Å². The number of rotatable bonds is 1. The maximum absolute atomic E-state index is 12.6. The summed E-state index contributed by atoms with van der Waals surface area (Å²) in [6.07, 6.45) is 0. The molecule has 0 bridgehead atoms. The van der Waals surface area contributed by atoms with Crippen LogP contribution in [0.25, 0.3) is 0 Å². The molecule has 0 amide bonds. The summed E-state index contributed by atoms with van der Waals surface area (Å²) >= 11 is 0. The van der Waals surface area contributed by atoms with Gasteiger partial charge >= 0.3 is 7.12 Å². The van der Waals surface area contributed by atoms with Gasteiger partial charge in [-0.1, -0.05) is 12.1 Å². The third-order valence-electron chi connectivity index (χ3n) is 1.36. The third kappa shape index (κ3) is 1.50. The van der Waals surface area contributed by atoms with Crippen molar-refractivity contribution in [3.63, 3.8) is 0 Å². The molecule has 0 aromatic heterocycles. The van der Waals surface area contributed by atoms with Gasteiger partial charge < -0.3 is 15.8 Å². The summed E-state index contributed by atoms with van der Waals surface area (Å²) in [6, 6.07) is 3.87. The van der Waals surface area contributed by atoms with Gasteiger partial charge in [-0.2, -0.15) is 0 Å². The Balaban J connectivity index is 3.17. The van der Waals surface area contributed by atoms with Crippen LogP contribution >= 0.6 is 0 Å². The van der Waals surface area contributed by atoms with Gasteiger partial charge in [-0.3, -0.25) is 0 Å². The Morgan fingerprint density at radius 1 is 1.36 bits per heavy atom. The fraction of sp³-hybridized carbons (Fsp3) is 0. The molecule has 58 valence electrons. The van der Waals surface area contributed by atoms with Crippen molar-refractivity contribution in [3.8, 4) is 0 Å². The zero-order valence-electron chi connectivity index (χ0n) is 5.66. The molecule has 11 heavy (non-hydrogen) atoms. The maximum Gasteiger partial charge on any atom is 0.490 e. The summed E-state index contributed by atoms with van der Waals surface area (Å²) in [5, 5.41) is 17.3. The molecule has 0 spiro atoms. The lowest BCUT2D eigenvalue weighted by atomic mass is 9.79. The van der Waals surface area contributed by atoms with Gasteiger partial charge in [0.15, 0.2) is 0 Å². The van der Waals surface area contributed by atoms with E-state index in [1.165, 1.54) is 12.1 Å². The average Bonchev–Trinajstić information content (AvgIpc) is 1.94. The standard InChI is InChI=1S/C6H7BFNO2/c8-5-3-1-2-4(6(5)9)7(10)11/h1-3,10-11H,9H2. The molecule has 0 aliphatic carbocycles. The Bertz CT molecular complexity index is 267. The lowest BCUT2D eigenvalue weighted by Crippen LogP contribution is -2.32. The van der Waals surface area contributed by atoms with Crippen molar-refractivity contribution in [2.45, 2.75) is 0 Å². The van der Waals surface area contributed by atoms with Crippen LogP contribution in [0.5, 0.6) is 0 Å². The monoisotopic (exact) mass is 155 g/mol. The van der Waals surface area contributed by atoms with Crippen LogP contribution in [0.2, 0.25) is 0 Å². The Kier molecular flexibility index (Phi) is 2.12. The predicted octanol–water partition coefficient (Wildman–Crippen LogP) is -0.912. The van der Waals surface area contributed by atoms with E-state index < -0.39 is 12.9 Å². The van der Waals surface area contributed by atoms with Gasteiger partial charge in [-0.15, -0.1) is 0 Å². The van der Waals surface area contributed by atoms with Gasteiger partial charge in [0.1, 0.15) is 5.82 Å². The van der Waals surface area contributed by atoms with Crippen molar-refractivity contribution in [2.75, 3.05) is 5.73 Å². The lowest BCUT2D eigenvalue weighted by molar-refractivity contribution is 0.425. The van der Waals surface area contributed by atoms with E-state index in [0.717, 1.165) is 6.07 Å². The fourth-order valence-corrected chi connectivity index (χ4v) is 0.779. The highest BCUT2D eigenvalue weighted by Crippen LogP contribution is 2.05. The molecule has 1 aromatic carbocycles. The van der Waals surface area contributed by atoms with Crippen LogP contribution in [0.15, 0.2) is 18.2 Å². The van der Waals surface area contributed by atoms with Crippen molar-refractivity contribution in [1.29, 1.82) is 0 Å². The van der Waals surface area contributed by atoms with Crippen molar-refractivity contribution in [2.24, 2.45) is 0 Å². The summed E-state index contributed by atoms with van der Waals surface area (Å²) in [5.41, 5.74) is 4.96. The molecule has 4 N–H and O–H groups in total. The first-order valence-corrected chi connectivity index (χ1v) is 3.03. The molecule has 5 heteroatoms. The molecule has 0 heterocycles. The number of halogens is 1. The third-order valence-corrected chi connectivity index (χ3v) is 1.36. The van der Waals surface area contributed by atoms with Gasteiger partial charge in [0, 0.05) is 5.46 Å². The number of hydrogen-bond acceptors (Lipinski definition) is 3. The highest BCUT2D eigenvalue weighted by atomic mass is 19.1. The fourth-order valence-electron chi connectivity index (χ4n) is 0.779. The van der Waals surface area contributed by atoms with Gasteiger partial charge in [0.05, 0.1) is 5.69 Å². The van der Waals surface area contributed by atoms with E-state index in [4.69, 9.17) is 15.8 Å². The first kappa shape index (κ1) is 8.04. The average molecular weight is 155 g/mol. The molecule has 0 fully saturated rings. The normalized spacial score (nSPS) is 9.73. The highest BCUT2D eigenvalue weighted by molar-refractivity contribution is 6.60.